The van der Waals surface area contributed by atoms with Gasteiger partial charge in [-0.05, 0) is 12.0 Å². The van der Waals surface area contributed by atoms with Crippen LogP contribution in [-0.2, 0) is 11.3 Å². The van der Waals surface area contributed by atoms with Gasteiger partial charge in [0.1, 0.15) is 5.76 Å². The van der Waals surface area contributed by atoms with Crippen molar-refractivity contribution >= 4 is 0 Å². The van der Waals surface area contributed by atoms with E-state index in [1.54, 1.807) is 7.11 Å². The van der Waals surface area contributed by atoms with Crippen molar-refractivity contribution < 1.29 is 4.74 Å². The molecule has 3 heteroatoms. The Hall–Kier alpha value is -1.79. The molecule has 0 N–H and O–H groups in total. The summed E-state index contributed by atoms with van der Waals surface area (Å²) in [5, 5.41) is 8.96. The molecule has 1 heterocycles. The Balaban J connectivity index is 2.03. The molecule has 0 fully saturated rings. The first-order chi connectivity index (χ1) is 8.33. The third-order valence-corrected chi connectivity index (χ3v) is 3.01. The minimum Gasteiger partial charge on any atom is -0.499 e. The minimum absolute atomic E-state index is 0.730. The number of hydrogen-bond acceptors (Lipinski definition) is 3. The number of ether oxygens (including phenoxy) is 1. The predicted molar refractivity (Wildman–Crippen MR) is 66.0 cm³/mol. The highest BCUT2D eigenvalue weighted by Crippen LogP contribution is 2.19. The third-order valence-electron chi connectivity index (χ3n) is 3.01. The molecule has 1 aromatic rings. The smallest absolute Gasteiger partial charge is 0.123 e. The normalized spacial score (nSPS) is 16.7. The molecule has 88 valence electrons. The molecule has 17 heavy (non-hydrogen) atoms. The molecule has 0 saturated carbocycles. The van der Waals surface area contributed by atoms with E-state index in [1.807, 2.05) is 18.2 Å². The number of hydrogen-bond donors (Lipinski definition) is 0. The van der Waals surface area contributed by atoms with E-state index in [0.29, 0.717) is 0 Å². The predicted octanol–water partition coefficient (Wildman–Crippen LogP) is 2.32. The molecular formula is C14H16N2O. The van der Waals surface area contributed by atoms with Crippen LogP contribution in [0.5, 0.6) is 0 Å². The summed E-state index contributed by atoms with van der Waals surface area (Å²) in [5.74, 6) is 0.815. The monoisotopic (exact) mass is 228 g/mol. The Kier molecular flexibility index (Phi) is 3.79. The molecule has 2 rings (SSSR count). The fourth-order valence-corrected chi connectivity index (χ4v) is 2.07. The second-order valence-corrected chi connectivity index (χ2v) is 4.16. The van der Waals surface area contributed by atoms with E-state index in [1.165, 1.54) is 5.56 Å². The van der Waals surface area contributed by atoms with E-state index in [9.17, 15) is 0 Å². The van der Waals surface area contributed by atoms with Gasteiger partial charge in [-0.2, -0.15) is 5.26 Å². The maximum atomic E-state index is 8.96. The Labute approximate surface area is 102 Å². The van der Waals surface area contributed by atoms with Crippen molar-refractivity contribution in [1.82, 2.24) is 4.90 Å². The number of methoxy groups -OCH3 is 1. The minimum atomic E-state index is 0.730. The van der Waals surface area contributed by atoms with Crippen LogP contribution in [0.25, 0.3) is 0 Å². The number of nitrogens with zero attached hydrogens (tertiary/aromatic N) is 2. The largest absolute Gasteiger partial charge is 0.499 e. The summed E-state index contributed by atoms with van der Waals surface area (Å²) in [6.45, 7) is 2.56. The second-order valence-electron chi connectivity index (χ2n) is 4.16. The molecule has 0 unspecified atom stereocenters. The molecule has 0 saturated heterocycles. The first-order valence-electron chi connectivity index (χ1n) is 5.76. The van der Waals surface area contributed by atoms with Gasteiger partial charge in [-0.1, -0.05) is 30.3 Å². The molecule has 0 bridgehead atoms. The Morgan fingerprint density at radius 2 is 2.12 bits per heavy atom. The van der Waals surface area contributed by atoms with Crippen LogP contribution in [0.1, 0.15) is 12.0 Å². The highest BCUT2D eigenvalue weighted by Gasteiger charge is 2.19. The van der Waals surface area contributed by atoms with Gasteiger partial charge in [0.15, 0.2) is 0 Å². The average Bonchev–Trinajstić information content (AvgIpc) is 2.40. The fraction of sp³-hybridized carbons (Fsp3) is 0.357. The zero-order valence-corrected chi connectivity index (χ0v) is 10.0. The van der Waals surface area contributed by atoms with E-state index in [0.717, 1.165) is 37.4 Å². The third kappa shape index (κ3) is 2.86. The van der Waals surface area contributed by atoms with Crippen LogP contribution in [0.2, 0.25) is 0 Å². The van der Waals surface area contributed by atoms with E-state index >= 15 is 0 Å². The van der Waals surface area contributed by atoms with Crippen molar-refractivity contribution in [3.05, 3.63) is 47.2 Å². The summed E-state index contributed by atoms with van der Waals surface area (Å²) in [6.07, 6.45) is 0.784. The molecule has 3 nitrogen and oxygen atoms in total. The second kappa shape index (κ2) is 5.51. The van der Waals surface area contributed by atoms with Crippen molar-refractivity contribution in [2.45, 2.75) is 13.0 Å². The molecule has 1 aliphatic heterocycles. The summed E-state index contributed by atoms with van der Waals surface area (Å²) in [4.78, 5) is 2.30. The zero-order valence-electron chi connectivity index (χ0n) is 10.0. The number of nitriles is 1. The van der Waals surface area contributed by atoms with E-state index in [-0.39, 0.29) is 0 Å². The van der Waals surface area contributed by atoms with Gasteiger partial charge in [0.2, 0.25) is 0 Å². The maximum Gasteiger partial charge on any atom is 0.123 e. The van der Waals surface area contributed by atoms with Crippen LogP contribution in [0.15, 0.2) is 41.7 Å². The maximum absolute atomic E-state index is 8.96. The van der Waals surface area contributed by atoms with Crippen LogP contribution in [0.4, 0.5) is 0 Å². The summed E-state index contributed by atoms with van der Waals surface area (Å²) < 4.78 is 5.28. The molecule has 0 radical (unpaired) electrons. The average molecular weight is 228 g/mol. The lowest BCUT2D eigenvalue weighted by atomic mass is 10.1. The summed E-state index contributed by atoms with van der Waals surface area (Å²) in [5.41, 5.74) is 2.08. The van der Waals surface area contributed by atoms with Gasteiger partial charge in [-0.25, -0.2) is 0 Å². The van der Waals surface area contributed by atoms with Gasteiger partial charge in [0.05, 0.1) is 25.3 Å². The van der Waals surface area contributed by atoms with E-state index in [4.69, 9.17) is 10.00 Å². The highest BCUT2D eigenvalue weighted by atomic mass is 16.5. The molecule has 0 atom stereocenters. The van der Waals surface area contributed by atoms with Crippen LogP contribution in [0.3, 0.4) is 0 Å². The van der Waals surface area contributed by atoms with Crippen molar-refractivity contribution in [2.75, 3.05) is 20.2 Å². The van der Waals surface area contributed by atoms with Gasteiger partial charge in [0, 0.05) is 13.1 Å². The number of rotatable bonds is 3. The molecular weight excluding hydrogens is 212 g/mol. The van der Waals surface area contributed by atoms with Gasteiger partial charge in [-0.3, -0.25) is 4.90 Å². The van der Waals surface area contributed by atoms with Gasteiger partial charge >= 0.3 is 0 Å². The van der Waals surface area contributed by atoms with Crippen LogP contribution < -0.4 is 0 Å². The first-order valence-corrected chi connectivity index (χ1v) is 5.76. The quantitative estimate of drug-likeness (QED) is 0.796. The van der Waals surface area contributed by atoms with Crippen molar-refractivity contribution in [3.63, 3.8) is 0 Å². The van der Waals surface area contributed by atoms with E-state index in [2.05, 4.69) is 23.1 Å². The lowest BCUT2D eigenvalue weighted by Crippen LogP contribution is -2.31. The molecule has 0 amide bonds. The fourth-order valence-electron chi connectivity index (χ4n) is 2.07. The molecule has 0 aromatic heterocycles. The van der Waals surface area contributed by atoms with Gasteiger partial charge in [-0.15, -0.1) is 0 Å². The summed E-state index contributed by atoms with van der Waals surface area (Å²) in [7, 11) is 1.64. The standard InChI is InChI=1S/C14H16N2O/c1-17-14-11-16(8-7-13(14)9-15)10-12-5-3-2-4-6-12/h2-6H,7-8,10-11H2,1H3. The van der Waals surface area contributed by atoms with Gasteiger partial charge in [0.25, 0.3) is 0 Å². The molecule has 0 spiro atoms. The van der Waals surface area contributed by atoms with Crippen molar-refractivity contribution in [2.24, 2.45) is 0 Å². The molecule has 1 aliphatic rings. The zero-order chi connectivity index (χ0) is 12.1. The van der Waals surface area contributed by atoms with Crippen LogP contribution in [-0.4, -0.2) is 25.1 Å². The SMILES string of the molecule is COC1=C(C#N)CCN(Cc2ccccc2)C1. The Bertz CT molecular complexity index is 445. The van der Waals surface area contributed by atoms with E-state index < -0.39 is 0 Å². The molecule has 1 aromatic carbocycles. The highest BCUT2D eigenvalue weighted by molar-refractivity contribution is 5.28. The lowest BCUT2D eigenvalue weighted by molar-refractivity contribution is 0.190. The Morgan fingerprint density at radius 1 is 1.35 bits per heavy atom. The summed E-state index contributed by atoms with van der Waals surface area (Å²) in [6, 6.07) is 12.6. The lowest BCUT2D eigenvalue weighted by Gasteiger charge is -2.27. The van der Waals surface area contributed by atoms with Gasteiger partial charge < -0.3 is 4.74 Å². The number of benzene rings is 1. The summed E-state index contributed by atoms with van der Waals surface area (Å²) >= 11 is 0. The van der Waals surface area contributed by atoms with Crippen LogP contribution >= 0.6 is 0 Å². The Morgan fingerprint density at radius 3 is 2.76 bits per heavy atom. The first kappa shape index (κ1) is 11.7. The van der Waals surface area contributed by atoms with Crippen LogP contribution in [0, 0.1) is 11.3 Å². The molecule has 0 aliphatic carbocycles. The van der Waals surface area contributed by atoms with Crippen molar-refractivity contribution in [3.8, 4) is 6.07 Å². The topological polar surface area (TPSA) is 36.3 Å². The van der Waals surface area contributed by atoms with Crippen molar-refractivity contribution in [1.29, 1.82) is 5.26 Å².